The van der Waals surface area contributed by atoms with Gasteiger partial charge in [0.05, 0.1) is 29.6 Å². The van der Waals surface area contributed by atoms with Crippen LogP contribution in [0.1, 0.15) is 60.8 Å². The first-order chi connectivity index (χ1) is 14.7. The molecule has 0 radical (unpaired) electrons. The zero-order chi connectivity index (χ0) is 23.6. The van der Waals surface area contributed by atoms with Gasteiger partial charge in [0.2, 0.25) is 0 Å². The summed E-state index contributed by atoms with van der Waals surface area (Å²) in [5, 5.41) is 5.02. The van der Waals surface area contributed by atoms with Gasteiger partial charge in [-0.1, -0.05) is 26.0 Å². The van der Waals surface area contributed by atoms with Gasteiger partial charge in [0.15, 0.2) is 0 Å². The Bertz CT molecular complexity index is 627. The van der Waals surface area contributed by atoms with Crippen LogP contribution >= 0.6 is 0 Å². The largest absolute Gasteiger partial charge is 0.463 e. The molecular weight excluding hydrogens is 394 g/mol. The fraction of sp³-hybridized carbons (Fsp3) is 0.708. The average Bonchev–Trinajstić information content (AvgIpc) is 2.72. The topological polar surface area (TPSA) is 71.4 Å². The number of esters is 1. The molecule has 7 nitrogen and oxygen atoms in total. The lowest BCUT2D eigenvalue weighted by Gasteiger charge is -2.49. The van der Waals surface area contributed by atoms with Crippen LogP contribution in [0, 0.1) is 4.91 Å². The predicted octanol–water partition coefficient (Wildman–Crippen LogP) is 4.65. The van der Waals surface area contributed by atoms with Crippen molar-refractivity contribution in [1.29, 1.82) is 0 Å². The molecule has 0 unspecified atom stereocenters. The first kappa shape index (κ1) is 27.0. The number of carbonyl (C=O) groups is 1. The van der Waals surface area contributed by atoms with E-state index in [4.69, 9.17) is 9.47 Å². The lowest BCUT2D eigenvalue weighted by molar-refractivity contribution is -0.140. The molecular formula is C24H41N3O4. The minimum atomic E-state index is -0.524. The third-order valence-corrected chi connectivity index (χ3v) is 5.58. The van der Waals surface area contributed by atoms with Crippen molar-refractivity contribution in [2.24, 2.45) is 5.29 Å². The van der Waals surface area contributed by atoms with Gasteiger partial charge in [-0.05, 0) is 53.0 Å². The summed E-state index contributed by atoms with van der Waals surface area (Å²) in [7, 11) is 0. The zero-order valence-electron chi connectivity index (χ0n) is 20.2. The Kier molecular flexibility index (Phi) is 11.1. The highest BCUT2D eigenvalue weighted by Gasteiger charge is 2.46. The molecule has 1 aliphatic rings. The molecule has 1 aliphatic carbocycles. The molecule has 0 aromatic heterocycles. The Balaban J connectivity index is 3.61. The minimum absolute atomic E-state index is 0.00618. The highest BCUT2D eigenvalue weighted by atomic mass is 16.5. The van der Waals surface area contributed by atoms with E-state index in [1.54, 1.807) is 11.9 Å². The van der Waals surface area contributed by atoms with E-state index in [2.05, 4.69) is 37.2 Å². The molecule has 0 aromatic rings. The van der Waals surface area contributed by atoms with Crippen molar-refractivity contribution in [1.82, 2.24) is 9.91 Å². The van der Waals surface area contributed by atoms with Crippen LogP contribution in [0.15, 0.2) is 42.2 Å². The molecule has 0 spiro atoms. The molecule has 0 bridgehead atoms. The first-order valence-electron chi connectivity index (χ1n) is 11.3. The Labute approximate surface area is 188 Å². The Morgan fingerprint density at radius 2 is 1.81 bits per heavy atom. The van der Waals surface area contributed by atoms with Gasteiger partial charge >= 0.3 is 5.97 Å². The molecule has 31 heavy (non-hydrogen) atoms. The van der Waals surface area contributed by atoms with Crippen LogP contribution in [0.4, 0.5) is 0 Å². The van der Waals surface area contributed by atoms with E-state index in [-0.39, 0.29) is 24.2 Å². The molecule has 3 atom stereocenters. The summed E-state index contributed by atoms with van der Waals surface area (Å²) in [6, 6.07) is -0.590. The highest BCUT2D eigenvalue weighted by Crippen LogP contribution is 2.34. The van der Waals surface area contributed by atoms with Gasteiger partial charge in [-0.3, -0.25) is 4.90 Å². The molecule has 7 heteroatoms. The van der Waals surface area contributed by atoms with E-state index in [0.29, 0.717) is 31.7 Å². The number of hydrogen-bond donors (Lipinski definition) is 0. The summed E-state index contributed by atoms with van der Waals surface area (Å²) >= 11 is 0. The van der Waals surface area contributed by atoms with E-state index >= 15 is 0 Å². The van der Waals surface area contributed by atoms with Gasteiger partial charge in [-0.2, -0.15) is 0 Å². The lowest BCUT2D eigenvalue weighted by Crippen LogP contribution is -2.62. The van der Waals surface area contributed by atoms with Crippen molar-refractivity contribution in [3.05, 3.63) is 41.9 Å². The van der Waals surface area contributed by atoms with E-state index in [1.807, 2.05) is 39.0 Å². The van der Waals surface area contributed by atoms with Crippen LogP contribution in [-0.2, 0) is 14.3 Å². The second-order valence-corrected chi connectivity index (χ2v) is 8.84. The fourth-order valence-electron chi connectivity index (χ4n) is 4.08. The van der Waals surface area contributed by atoms with Gasteiger partial charge in [-0.15, -0.1) is 18.1 Å². The van der Waals surface area contributed by atoms with Crippen molar-refractivity contribution in [2.75, 3.05) is 19.7 Å². The van der Waals surface area contributed by atoms with Gasteiger partial charge in [-0.25, -0.2) is 9.80 Å². The number of ether oxygens (including phenoxy) is 2. The normalized spacial score (nSPS) is 21.5. The van der Waals surface area contributed by atoms with Crippen LogP contribution in [0.3, 0.4) is 0 Å². The van der Waals surface area contributed by atoms with Gasteiger partial charge in [0.25, 0.3) is 0 Å². The van der Waals surface area contributed by atoms with Crippen LogP contribution in [0.2, 0.25) is 0 Å². The molecule has 176 valence electrons. The number of nitroso groups, excluding NO2 is 1. The van der Waals surface area contributed by atoms with Crippen LogP contribution in [-0.4, -0.2) is 65.4 Å². The smallest absolute Gasteiger partial charge is 0.333 e. The lowest BCUT2D eigenvalue weighted by atomic mass is 9.84. The predicted molar refractivity (Wildman–Crippen MR) is 126 cm³/mol. The quantitative estimate of drug-likeness (QED) is 0.182. The number of rotatable bonds is 13. The van der Waals surface area contributed by atoms with Crippen LogP contribution < -0.4 is 0 Å². The Hall–Kier alpha value is -1.99. The van der Waals surface area contributed by atoms with Crippen molar-refractivity contribution >= 4 is 5.97 Å². The molecule has 0 fully saturated rings. The Morgan fingerprint density at radius 3 is 2.23 bits per heavy atom. The third kappa shape index (κ3) is 7.28. The van der Waals surface area contributed by atoms with Gasteiger partial charge < -0.3 is 9.47 Å². The summed E-state index contributed by atoms with van der Waals surface area (Å²) in [6.07, 6.45) is 7.08. The number of carbonyl (C=O) groups excluding carboxylic acids is 1. The number of hydrogen-bond acceptors (Lipinski definition) is 6. The summed E-state index contributed by atoms with van der Waals surface area (Å²) in [5.41, 5.74) is 0.0423. The SMILES string of the molecule is C=CCN(CC=C)[C@H]1CC(C(=O)OCC)=C[C@@H](OC(CC)CC)[C@@H]1N(N=O)C(C)(C)C. The maximum Gasteiger partial charge on any atom is 0.333 e. The van der Waals surface area contributed by atoms with Crippen molar-refractivity contribution in [2.45, 2.75) is 90.6 Å². The molecule has 0 saturated carbocycles. The second kappa shape index (κ2) is 12.8. The summed E-state index contributed by atoms with van der Waals surface area (Å²) in [5.74, 6) is -0.345. The monoisotopic (exact) mass is 435 g/mol. The maximum atomic E-state index is 12.7. The summed E-state index contributed by atoms with van der Waals surface area (Å²) in [4.78, 5) is 26.9. The Morgan fingerprint density at radius 1 is 1.23 bits per heavy atom. The van der Waals surface area contributed by atoms with Crippen molar-refractivity contribution < 1.29 is 14.3 Å². The zero-order valence-corrected chi connectivity index (χ0v) is 20.2. The van der Waals surface area contributed by atoms with Gasteiger partial charge in [0, 0.05) is 24.7 Å². The highest BCUT2D eigenvalue weighted by molar-refractivity contribution is 5.89. The van der Waals surface area contributed by atoms with E-state index in [0.717, 1.165) is 12.8 Å². The molecule has 0 amide bonds. The van der Waals surface area contributed by atoms with E-state index < -0.39 is 11.6 Å². The summed E-state index contributed by atoms with van der Waals surface area (Å²) in [6.45, 7) is 21.0. The molecule has 1 rings (SSSR count). The number of nitrogens with zero attached hydrogens (tertiary/aromatic N) is 3. The van der Waals surface area contributed by atoms with Crippen molar-refractivity contribution in [3.8, 4) is 0 Å². The summed E-state index contributed by atoms with van der Waals surface area (Å²) < 4.78 is 11.8. The maximum absolute atomic E-state index is 12.7. The van der Waals surface area contributed by atoms with Gasteiger partial charge in [0.1, 0.15) is 6.10 Å². The first-order valence-corrected chi connectivity index (χ1v) is 11.3. The van der Waals surface area contributed by atoms with Crippen LogP contribution in [0.5, 0.6) is 0 Å². The van der Waals surface area contributed by atoms with E-state index in [1.165, 1.54) is 0 Å². The van der Waals surface area contributed by atoms with Crippen molar-refractivity contribution in [3.63, 3.8) is 0 Å². The van der Waals surface area contributed by atoms with E-state index in [9.17, 15) is 9.70 Å². The molecule has 0 N–H and O–H groups in total. The molecule has 0 heterocycles. The average molecular weight is 436 g/mol. The van der Waals surface area contributed by atoms with Crippen LogP contribution in [0.25, 0.3) is 0 Å². The standard InChI is InChI=1S/C24H41N3O4/c1-9-14-26(15-10-2)20-16-18(23(28)30-13-5)17-21(31-19(11-3)12-4)22(20)27(25-29)24(6,7)8/h9-10,17,19-22H,1-2,11-16H2,3-8H3/t20-,21+,22+/m0/s1. The second-order valence-electron chi connectivity index (χ2n) is 8.84. The molecule has 0 saturated heterocycles. The molecule has 0 aliphatic heterocycles. The third-order valence-electron chi connectivity index (χ3n) is 5.58. The molecule has 0 aromatic carbocycles. The fourth-order valence-corrected chi connectivity index (χ4v) is 4.08. The minimum Gasteiger partial charge on any atom is -0.463 e.